The highest BCUT2D eigenvalue weighted by atomic mass is 32.2. The fourth-order valence-electron chi connectivity index (χ4n) is 3.46. The summed E-state index contributed by atoms with van der Waals surface area (Å²) in [6.45, 7) is 3.35. The smallest absolute Gasteiger partial charge is 0.244 e. The maximum atomic E-state index is 13.8. The van der Waals surface area contributed by atoms with Gasteiger partial charge in [0, 0.05) is 6.07 Å². The number of sulfonamides is 1. The Morgan fingerprint density at radius 2 is 1.50 bits per heavy atom. The highest BCUT2D eigenvalue weighted by Gasteiger charge is 2.31. The van der Waals surface area contributed by atoms with Crippen molar-refractivity contribution >= 4 is 21.6 Å². The largest absolute Gasteiger partial charge is 0.343 e. The van der Waals surface area contributed by atoms with Gasteiger partial charge in [0.05, 0.1) is 18.0 Å². The zero-order valence-corrected chi connectivity index (χ0v) is 18.7. The van der Waals surface area contributed by atoms with Gasteiger partial charge in [-0.05, 0) is 37.1 Å². The van der Waals surface area contributed by atoms with Gasteiger partial charge in [-0.3, -0.25) is 9.10 Å². The molecule has 32 heavy (non-hydrogen) atoms. The minimum Gasteiger partial charge on any atom is -0.343 e. The minimum atomic E-state index is -3.98. The number of hydrogen-bond donors (Lipinski definition) is 1. The number of carbonyl (C=O) groups is 1. The summed E-state index contributed by atoms with van der Waals surface area (Å²) >= 11 is 0. The van der Waals surface area contributed by atoms with Crippen LogP contribution >= 0.6 is 0 Å². The van der Waals surface area contributed by atoms with E-state index in [9.17, 15) is 22.0 Å². The Labute approximate surface area is 186 Å². The highest BCUT2D eigenvalue weighted by Crippen LogP contribution is 2.26. The van der Waals surface area contributed by atoms with Crippen LogP contribution in [0.1, 0.15) is 29.7 Å². The van der Waals surface area contributed by atoms with Crippen molar-refractivity contribution in [2.45, 2.75) is 25.9 Å². The summed E-state index contributed by atoms with van der Waals surface area (Å²) in [6, 6.07) is 17.8. The zero-order chi connectivity index (χ0) is 23.5. The predicted octanol–water partition coefficient (Wildman–Crippen LogP) is 4.33. The SMILES string of the molecule is Cc1ccc([C@H](NC(=O)[C@@H](C)N(c2ccc(F)c(F)c2)S(C)(=O)=O)c2ccccc2)cc1. The molecule has 0 aliphatic rings. The Bertz CT molecular complexity index is 1200. The van der Waals surface area contributed by atoms with E-state index in [1.807, 2.05) is 61.5 Å². The van der Waals surface area contributed by atoms with Crippen LogP contribution in [0.5, 0.6) is 0 Å². The lowest BCUT2D eigenvalue weighted by Gasteiger charge is -2.30. The third-order valence-corrected chi connectivity index (χ3v) is 6.32. The lowest BCUT2D eigenvalue weighted by Crippen LogP contribution is -2.48. The summed E-state index contributed by atoms with van der Waals surface area (Å²) in [5.74, 6) is -2.90. The second kappa shape index (κ2) is 9.48. The van der Waals surface area contributed by atoms with Gasteiger partial charge in [-0.25, -0.2) is 17.2 Å². The number of amides is 1. The quantitative estimate of drug-likeness (QED) is 0.573. The van der Waals surface area contributed by atoms with Crippen LogP contribution in [0.3, 0.4) is 0 Å². The van der Waals surface area contributed by atoms with E-state index in [4.69, 9.17) is 0 Å². The lowest BCUT2D eigenvalue weighted by atomic mass is 9.97. The van der Waals surface area contributed by atoms with Crippen molar-refractivity contribution in [3.63, 3.8) is 0 Å². The van der Waals surface area contributed by atoms with Crippen LogP contribution < -0.4 is 9.62 Å². The molecule has 0 heterocycles. The second-order valence-electron chi connectivity index (χ2n) is 7.60. The average Bonchev–Trinajstić information content (AvgIpc) is 2.75. The minimum absolute atomic E-state index is 0.138. The predicted molar refractivity (Wildman–Crippen MR) is 121 cm³/mol. The maximum absolute atomic E-state index is 13.8. The highest BCUT2D eigenvalue weighted by molar-refractivity contribution is 7.92. The summed E-state index contributed by atoms with van der Waals surface area (Å²) in [7, 11) is -3.98. The molecule has 8 heteroatoms. The van der Waals surface area contributed by atoms with Gasteiger partial charge in [0.15, 0.2) is 11.6 Å². The number of hydrogen-bond acceptors (Lipinski definition) is 3. The molecule has 0 unspecified atom stereocenters. The normalized spacial score (nSPS) is 13.3. The van der Waals surface area contributed by atoms with E-state index in [-0.39, 0.29) is 5.69 Å². The number of anilines is 1. The van der Waals surface area contributed by atoms with Crippen molar-refractivity contribution in [1.29, 1.82) is 0 Å². The molecule has 0 aliphatic carbocycles. The number of aryl methyl sites for hydroxylation is 1. The molecule has 3 aromatic carbocycles. The van der Waals surface area contributed by atoms with Crippen molar-refractivity contribution in [3.8, 4) is 0 Å². The van der Waals surface area contributed by atoms with Gasteiger partial charge in [-0.15, -0.1) is 0 Å². The second-order valence-corrected chi connectivity index (χ2v) is 9.46. The van der Waals surface area contributed by atoms with E-state index in [2.05, 4.69) is 5.32 Å². The first kappa shape index (κ1) is 23.4. The van der Waals surface area contributed by atoms with Crippen molar-refractivity contribution in [2.24, 2.45) is 0 Å². The number of halogens is 2. The maximum Gasteiger partial charge on any atom is 0.244 e. The number of rotatable bonds is 7. The van der Waals surface area contributed by atoms with Crippen molar-refractivity contribution in [3.05, 3.63) is 101 Å². The molecule has 5 nitrogen and oxygen atoms in total. The van der Waals surface area contributed by atoms with E-state index < -0.39 is 39.6 Å². The molecule has 0 aromatic heterocycles. The van der Waals surface area contributed by atoms with Crippen LogP contribution in [-0.4, -0.2) is 26.6 Å². The van der Waals surface area contributed by atoms with E-state index in [0.29, 0.717) is 0 Å². The average molecular weight is 459 g/mol. The molecule has 0 saturated heterocycles. The van der Waals surface area contributed by atoms with Crippen molar-refractivity contribution < 1.29 is 22.0 Å². The van der Waals surface area contributed by atoms with Crippen molar-refractivity contribution in [2.75, 3.05) is 10.6 Å². The number of benzene rings is 3. The van der Waals surface area contributed by atoms with E-state index in [0.717, 1.165) is 45.5 Å². The van der Waals surface area contributed by atoms with Gasteiger partial charge >= 0.3 is 0 Å². The molecule has 3 aromatic rings. The first-order chi connectivity index (χ1) is 15.1. The molecule has 168 valence electrons. The molecular formula is C24H24F2N2O3S. The molecule has 2 atom stereocenters. The molecule has 0 fully saturated rings. The summed E-state index contributed by atoms with van der Waals surface area (Å²) in [5, 5.41) is 2.90. The van der Waals surface area contributed by atoms with Crippen LogP contribution in [-0.2, 0) is 14.8 Å². The van der Waals surface area contributed by atoms with Crippen LogP contribution in [0, 0.1) is 18.6 Å². The Hall–Kier alpha value is -3.26. The Kier molecular flexibility index (Phi) is 6.93. The van der Waals surface area contributed by atoms with E-state index >= 15 is 0 Å². The van der Waals surface area contributed by atoms with Gasteiger partial charge in [-0.1, -0.05) is 60.2 Å². The first-order valence-corrected chi connectivity index (χ1v) is 11.8. The summed E-state index contributed by atoms with van der Waals surface area (Å²) in [4.78, 5) is 13.2. The third-order valence-electron chi connectivity index (χ3n) is 5.08. The summed E-state index contributed by atoms with van der Waals surface area (Å²) in [6.07, 6.45) is 0.909. The van der Waals surface area contributed by atoms with E-state index in [1.165, 1.54) is 6.92 Å². The Morgan fingerprint density at radius 3 is 2.06 bits per heavy atom. The molecule has 0 bridgehead atoms. The van der Waals surface area contributed by atoms with Crippen LogP contribution in [0.25, 0.3) is 0 Å². The number of nitrogens with zero attached hydrogens (tertiary/aromatic N) is 1. The molecule has 1 N–H and O–H groups in total. The van der Waals surface area contributed by atoms with Gasteiger partial charge in [0.1, 0.15) is 6.04 Å². The van der Waals surface area contributed by atoms with Crippen LogP contribution in [0.2, 0.25) is 0 Å². The molecule has 0 saturated carbocycles. The van der Waals surface area contributed by atoms with Gasteiger partial charge in [0.2, 0.25) is 15.9 Å². The van der Waals surface area contributed by atoms with Gasteiger partial charge in [-0.2, -0.15) is 0 Å². The topological polar surface area (TPSA) is 66.5 Å². The Morgan fingerprint density at radius 1 is 0.906 bits per heavy atom. The lowest BCUT2D eigenvalue weighted by molar-refractivity contribution is -0.122. The monoisotopic (exact) mass is 458 g/mol. The zero-order valence-electron chi connectivity index (χ0n) is 17.9. The molecule has 0 spiro atoms. The van der Waals surface area contributed by atoms with Gasteiger partial charge in [0.25, 0.3) is 0 Å². The molecule has 0 radical (unpaired) electrons. The molecular weight excluding hydrogens is 434 g/mol. The standard InChI is InChI=1S/C24H24F2N2O3S/c1-16-9-11-19(12-10-16)23(18-7-5-4-6-8-18)27-24(29)17(2)28(32(3,30)31)20-13-14-21(25)22(26)15-20/h4-15,17,23H,1-3H3,(H,27,29)/t17-,23-/m1/s1. The van der Waals surface area contributed by atoms with Crippen LogP contribution in [0.15, 0.2) is 72.8 Å². The summed E-state index contributed by atoms with van der Waals surface area (Å²) in [5.41, 5.74) is 2.55. The third kappa shape index (κ3) is 5.31. The first-order valence-electron chi connectivity index (χ1n) is 9.94. The van der Waals surface area contributed by atoms with Gasteiger partial charge < -0.3 is 5.32 Å². The number of nitrogens with one attached hydrogen (secondary N) is 1. The molecule has 0 aliphatic heterocycles. The van der Waals surface area contributed by atoms with E-state index in [1.54, 1.807) is 0 Å². The Balaban J connectivity index is 1.96. The fourth-order valence-corrected chi connectivity index (χ4v) is 4.62. The molecule has 1 amide bonds. The fraction of sp³-hybridized carbons (Fsp3) is 0.208. The molecule has 3 rings (SSSR count). The number of carbonyl (C=O) groups excluding carboxylic acids is 1. The van der Waals surface area contributed by atoms with Crippen molar-refractivity contribution in [1.82, 2.24) is 5.32 Å². The van der Waals surface area contributed by atoms with Crippen LogP contribution in [0.4, 0.5) is 14.5 Å². The summed E-state index contributed by atoms with van der Waals surface area (Å²) < 4.78 is 52.9.